The lowest BCUT2D eigenvalue weighted by Gasteiger charge is -2.12. The molecule has 1 aromatic carbocycles. The fourth-order valence-corrected chi connectivity index (χ4v) is 3.01. The van der Waals surface area contributed by atoms with Crippen LogP contribution in [0.2, 0.25) is 0 Å². The van der Waals surface area contributed by atoms with E-state index in [1.54, 1.807) is 13.2 Å². The highest BCUT2D eigenvalue weighted by molar-refractivity contribution is 7.91. The summed E-state index contributed by atoms with van der Waals surface area (Å²) in [5, 5.41) is 0. The Kier molecular flexibility index (Phi) is 6.81. The molecular formula is C14H23NO4S. The molecular weight excluding hydrogens is 278 g/mol. The standard InChI is InChI=1S/C14H23NO4S/c1-3-9-20(16,17)10-8-19-14-11-13(18-2)5-4-12(14)6-7-15/h4-5,11H,3,6-10,15H2,1-2H3. The van der Waals surface area contributed by atoms with Crippen molar-refractivity contribution in [3.63, 3.8) is 0 Å². The van der Waals surface area contributed by atoms with Crippen LogP contribution in [0.5, 0.6) is 11.5 Å². The van der Waals surface area contributed by atoms with Crippen molar-refractivity contribution in [1.29, 1.82) is 0 Å². The normalized spacial score (nSPS) is 11.3. The molecule has 2 N–H and O–H groups in total. The van der Waals surface area contributed by atoms with Gasteiger partial charge in [0.15, 0.2) is 9.84 Å². The minimum Gasteiger partial charge on any atom is -0.497 e. The molecule has 0 unspecified atom stereocenters. The van der Waals surface area contributed by atoms with E-state index in [2.05, 4.69) is 0 Å². The minimum absolute atomic E-state index is 0.0279. The molecule has 0 spiro atoms. The number of hydrogen-bond donors (Lipinski definition) is 1. The summed E-state index contributed by atoms with van der Waals surface area (Å²) >= 11 is 0. The van der Waals surface area contributed by atoms with Gasteiger partial charge in [-0.15, -0.1) is 0 Å². The van der Waals surface area contributed by atoms with E-state index in [-0.39, 0.29) is 18.1 Å². The Hall–Kier alpha value is -1.27. The average Bonchev–Trinajstić information content (AvgIpc) is 2.40. The van der Waals surface area contributed by atoms with Crippen molar-refractivity contribution in [2.24, 2.45) is 5.73 Å². The highest BCUT2D eigenvalue weighted by Gasteiger charge is 2.11. The van der Waals surface area contributed by atoms with Crippen LogP contribution in [-0.2, 0) is 16.3 Å². The van der Waals surface area contributed by atoms with Crippen LogP contribution in [0, 0.1) is 0 Å². The van der Waals surface area contributed by atoms with Gasteiger partial charge in [0.2, 0.25) is 0 Å². The predicted octanol–water partition coefficient (Wildman–Crippen LogP) is 1.40. The molecule has 0 radical (unpaired) electrons. The summed E-state index contributed by atoms with van der Waals surface area (Å²) < 4.78 is 34.0. The summed E-state index contributed by atoms with van der Waals surface area (Å²) in [6, 6.07) is 5.49. The van der Waals surface area contributed by atoms with Gasteiger partial charge in [-0.2, -0.15) is 0 Å². The lowest BCUT2D eigenvalue weighted by molar-refractivity contribution is 0.333. The van der Waals surface area contributed by atoms with Gasteiger partial charge in [-0.3, -0.25) is 0 Å². The van der Waals surface area contributed by atoms with Gasteiger partial charge in [0, 0.05) is 6.07 Å². The Bertz CT molecular complexity index is 514. The summed E-state index contributed by atoms with van der Waals surface area (Å²) in [7, 11) is -1.45. The van der Waals surface area contributed by atoms with Crippen LogP contribution in [0.3, 0.4) is 0 Å². The Morgan fingerprint density at radius 3 is 2.60 bits per heavy atom. The highest BCUT2D eigenvalue weighted by atomic mass is 32.2. The zero-order valence-electron chi connectivity index (χ0n) is 12.1. The van der Waals surface area contributed by atoms with Crippen molar-refractivity contribution in [3.8, 4) is 11.5 Å². The maximum absolute atomic E-state index is 11.6. The minimum atomic E-state index is -3.02. The zero-order chi connectivity index (χ0) is 15.0. The first kappa shape index (κ1) is 16.8. The van der Waals surface area contributed by atoms with Crippen LogP contribution in [-0.4, -0.2) is 40.2 Å². The van der Waals surface area contributed by atoms with Gasteiger partial charge >= 0.3 is 0 Å². The summed E-state index contributed by atoms with van der Waals surface area (Å²) in [4.78, 5) is 0. The van der Waals surface area contributed by atoms with Gasteiger partial charge < -0.3 is 15.2 Å². The molecule has 114 valence electrons. The fourth-order valence-electron chi connectivity index (χ4n) is 1.85. The van der Waals surface area contributed by atoms with E-state index < -0.39 is 9.84 Å². The molecule has 0 aliphatic heterocycles. The summed E-state index contributed by atoms with van der Waals surface area (Å²) in [6.07, 6.45) is 1.31. The first-order valence-electron chi connectivity index (χ1n) is 6.72. The lowest BCUT2D eigenvalue weighted by Crippen LogP contribution is -2.17. The van der Waals surface area contributed by atoms with Crippen molar-refractivity contribution in [2.75, 3.05) is 31.8 Å². The monoisotopic (exact) mass is 301 g/mol. The molecule has 1 aromatic rings. The SMILES string of the molecule is CCCS(=O)(=O)CCOc1cc(OC)ccc1CCN. The van der Waals surface area contributed by atoms with E-state index >= 15 is 0 Å². The fraction of sp³-hybridized carbons (Fsp3) is 0.571. The van der Waals surface area contributed by atoms with E-state index in [9.17, 15) is 8.42 Å². The molecule has 0 saturated heterocycles. The predicted molar refractivity (Wildman–Crippen MR) is 80.2 cm³/mol. The third-order valence-corrected chi connectivity index (χ3v) is 4.67. The van der Waals surface area contributed by atoms with Gasteiger partial charge in [0.25, 0.3) is 0 Å². The number of rotatable bonds is 9. The molecule has 0 amide bonds. The van der Waals surface area contributed by atoms with E-state index in [0.29, 0.717) is 30.9 Å². The smallest absolute Gasteiger partial charge is 0.153 e. The first-order valence-corrected chi connectivity index (χ1v) is 8.54. The maximum atomic E-state index is 11.6. The molecule has 0 heterocycles. The zero-order valence-corrected chi connectivity index (χ0v) is 12.9. The first-order chi connectivity index (χ1) is 9.52. The van der Waals surface area contributed by atoms with Gasteiger partial charge in [-0.1, -0.05) is 13.0 Å². The molecule has 0 aliphatic carbocycles. The lowest BCUT2D eigenvalue weighted by atomic mass is 10.1. The molecule has 0 aliphatic rings. The topological polar surface area (TPSA) is 78.6 Å². The third kappa shape index (κ3) is 5.38. The highest BCUT2D eigenvalue weighted by Crippen LogP contribution is 2.25. The molecule has 0 bridgehead atoms. The van der Waals surface area contributed by atoms with Crippen molar-refractivity contribution in [1.82, 2.24) is 0 Å². The second-order valence-corrected chi connectivity index (χ2v) is 6.82. The van der Waals surface area contributed by atoms with Crippen LogP contribution in [0.4, 0.5) is 0 Å². The Labute approximate surface area is 121 Å². The number of benzene rings is 1. The summed E-state index contributed by atoms with van der Waals surface area (Å²) in [5.41, 5.74) is 6.51. The molecule has 0 saturated carbocycles. The number of hydrogen-bond acceptors (Lipinski definition) is 5. The third-order valence-electron chi connectivity index (χ3n) is 2.86. The van der Waals surface area contributed by atoms with Gasteiger partial charge in [0.05, 0.1) is 18.6 Å². The Balaban J connectivity index is 2.70. The number of nitrogens with two attached hydrogens (primary N) is 1. The Morgan fingerprint density at radius 1 is 1.25 bits per heavy atom. The van der Waals surface area contributed by atoms with Crippen LogP contribution in [0.25, 0.3) is 0 Å². The van der Waals surface area contributed by atoms with E-state index in [4.69, 9.17) is 15.2 Å². The largest absolute Gasteiger partial charge is 0.497 e. The van der Waals surface area contributed by atoms with E-state index in [1.807, 2.05) is 19.1 Å². The molecule has 0 atom stereocenters. The molecule has 1 rings (SSSR count). The molecule has 5 nitrogen and oxygen atoms in total. The van der Waals surface area contributed by atoms with Crippen LogP contribution < -0.4 is 15.2 Å². The maximum Gasteiger partial charge on any atom is 0.153 e. The van der Waals surface area contributed by atoms with Crippen LogP contribution >= 0.6 is 0 Å². The van der Waals surface area contributed by atoms with Crippen molar-refractivity contribution >= 4 is 9.84 Å². The summed E-state index contributed by atoms with van der Waals surface area (Å²) in [5.74, 6) is 1.54. The molecule has 0 aromatic heterocycles. The van der Waals surface area contributed by atoms with Crippen molar-refractivity contribution in [3.05, 3.63) is 23.8 Å². The molecule has 20 heavy (non-hydrogen) atoms. The number of methoxy groups -OCH3 is 1. The van der Waals surface area contributed by atoms with Gasteiger partial charge in [-0.25, -0.2) is 8.42 Å². The van der Waals surface area contributed by atoms with Crippen molar-refractivity contribution < 1.29 is 17.9 Å². The van der Waals surface area contributed by atoms with Crippen LogP contribution in [0.1, 0.15) is 18.9 Å². The number of sulfone groups is 1. The average molecular weight is 301 g/mol. The molecule has 0 fully saturated rings. The molecule has 6 heteroatoms. The van der Waals surface area contributed by atoms with E-state index in [0.717, 1.165) is 5.56 Å². The summed E-state index contributed by atoms with van der Waals surface area (Å²) in [6.45, 7) is 2.50. The second-order valence-electron chi connectivity index (χ2n) is 4.51. The number of ether oxygens (including phenoxy) is 2. The Morgan fingerprint density at radius 2 is 2.00 bits per heavy atom. The second kappa shape index (κ2) is 8.11. The van der Waals surface area contributed by atoms with Gasteiger partial charge in [0.1, 0.15) is 18.1 Å². The quantitative estimate of drug-likeness (QED) is 0.746. The van der Waals surface area contributed by atoms with E-state index in [1.165, 1.54) is 0 Å². The van der Waals surface area contributed by atoms with Crippen molar-refractivity contribution in [2.45, 2.75) is 19.8 Å². The van der Waals surface area contributed by atoms with Crippen LogP contribution in [0.15, 0.2) is 18.2 Å². The van der Waals surface area contributed by atoms with Gasteiger partial charge in [-0.05, 0) is 31.0 Å².